The summed E-state index contributed by atoms with van der Waals surface area (Å²) in [5, 5.41) is 11.3. The van der Waals surface area contributed by atoms with Gasteiger partial charge in [0.2, 0.25) is 0 Å². The lowest BCUT2D eigenvalue weighted by Crippen LogP contribution is -2.23. The van der Waals surface area contributed by atoms with Crippen molar-refractivity contribution in [2.45, 2.75) is 19.3 Å². The molecule has 0 saturated carbocycles. The molecule has 1 aromatic carbocycles. The Labute approximate surface area is 112 Å². The Hall–Kier alpha value is -1.75. The summed E-state index contributed by atoms with van der Waals surface area (Å²) in [5.74, 6) is -0.0906. The van der Waals surface area contributed by atoms with Gasteiger partial charge in [0.05, 0.1) is 5.69 Å². The minimum atomic E-state index is -0.158. The summed E-state index contributed by atoms with van der Waals surface area (Å²) < 4.78 is 15.6. The highest BCUT2D eigenvalue weighted by Crippen LogP contribution is 2.22. The van der Waals surface area contributed by atoms with Crippen LogP contribution in [0.15, 0.2) is 30.5 Å². The van der Waals surface area contributed by atoms with Crippen molar-refractivity contribution in [3.8, 4) is 0 Å². The average molecular weight is 262 g/mol. The number of hydrogen-bond donors (Lipinski definition) is 1. The van der Waals surface area contributed by atoms with E-state index < -0.39 is 0 Å². The number of aromatic nitrogens is 3. The first-order valence-corrected chi connectivity index (χ1v) is 6.51. The van der Waals surface area contributed by atoms with Gasteiger partial charge in [-0.25, -0.2) is 4.39 Å². The monoisotopic (exact) mass is 262 g/mol. The van der Waals surface area contributed by atoms with Gasteiger partial charge in [0.1, 0.15) is 5.82 Å². The molecule has 2 rings (SSSR count). The molecular formula is C14H19FN4. The van der Waals surface area contributed by atoms with Crippen molar-refractivity contribution in [3.63, 3.8) is 0 Å². The molecule has 5 heteroatoms. The van der Waals surface area contributed by atoms with E-state index in [1.807, 2.05) is 32.3 Å². The van der Waals surface area contributed by atoms with Gasteiger partial charge in [0, 0.05) is 32.1 Å². The zero-order chi connectivity index (χ0) is 13.7. The molecule has 102 valence electrons. The number of likely N-dealkylation sites (N-methyl/N-ethyl adjacent to an activating group) is 1. The predicted molar refractivity (Wildman–Crippen MR) is 72.4 cm³/mol. The minimum Gasteiger partial charge on any atom is -0.316 e. The molecule has 0 aliphatic carbocycles. The van der Waals surface area contributed by atoms with E-state index in [9.17, 15) is 4.39 Å². The van der Waals surface area contributed by atoms with Crippen molar-refractivity contribution < 1.29 is 4.39 Å². The lowest BCUT2D eigenvalue weighted by atomic mass is 9.94. The second-order valence-corrected chi connectivity index (χ2v) is 4.61. The summed E-state index contributed by atoms with van der Waals surface area (Å²) in [6.45, 7) is 3.64. The van der Waals surface area contributed by atoms with Gasteiger partial charge in [-0.2, -0.15) is 0 Å². The third-order valence-electron chi connectivity index (χ3n) is 3.09. The number of benzene rings is 1. The van der Waals surface area contributed by atoms with Crippen LogP contribution >= 0.6 is 0 Å². The summed E-state index contributed by atoms with van der Waals surface area (Å²) in [7, 11) is 1.83. The summed E-state index contributed by atoms with van der Waals surface area (Å²) in [5.41, 5.74) is 1.61. The Morgan fingerprint density at radius 3 is 2.79 bits per heavy atom. The van der Waals surface area contributed by atoms with Gasteiger partial charge in [-0.05, 0) is 18.2 Å². The topological polar surface area (TPSA) is 42.7 Å². The Balaban J connectivity index is 2.18. The van der Waals surface area contributed by atoms with Crippen molar-refractivity contribution >= 4 is 0 Å². The molecule has 0 amide bonds. The van der Waals surface area contributed by atoms with Crippen LogP contribution in [0.3, 0.4) is 0 Å². The smallest absolute Gasteiger partial charge is 0.126 e. The molecule has 2 aromatic rings. The Bertz CT molecular complexity index is 524. The first kappa shape index (κ1) is 13.7. The van der Waals surface area contributed by atoms with Gasteiger partial charge in [-0.3, -0.25) is 4.68 Å². The second-order valence-electron chi connectivity index (χ2n) is 4.61. The Morgan fingerprint density at radius 1 is 1.37 bits per heavy atom. The van der Waals surface area contributed by atoms with Crippen molar-refractivity contribution in [2.24, 2.45) is 7.05 Å². The van der Waals surface area contributed by atoms with Crippen LogP contribution in [0.1, 0.15) is 24.1 Å². The van der Waals surface area contributed by atoms with E-state index in [1.54, 1.807) is 10.7 Å². The molecule has 0 saturated heterocycles. The van der Waals surface area contributed by atoms with Crippen LogP contribution in [0.5, 0.6) is 0 Å². The van der Waals surface area contributed by atoms with E-state index in [-0.39, 0.29) is 11.7 Å². The van der Waals surface area contributed by atoms with E-state index >= 15 is 0 Å². The van der Waals surface area contributed by atoms with E-state index in [1.165, 1.54) is 6.07 Å². The quantitative estimate of drug-likeness (QED) is 0.864. The summed E-state index contributed by atoms with van der Waals surface area (Å²) in [4.78, 5) is 0. The van der Waals surface area contributed by atoms with Crippen LogP contribution in [-0.4, -0.2) is 28.1 Å². The standard InChI is InChI=1S/C14H19FN4/c1-3-16-9-11(8-12-10-19(2)18-17-12)13-6-4-5-7-14(13)15/h4-7,10-11,16H,3,8-9H2,1-2H3. The SMILES string of the molecule is CCNCC(Cc1cn(C)nn1)c1ccccc1F. The molecule has 0 bridgehead atoms. The Kier molecular flexibility index (Phi) is 4.63. The molecule has 0 spiro atoms. The number of aryl methyl sites for hydroxylation is 1. The van der Waals surface area contributed by atoms with E-state index in [0.717, 1.165) is 24.3 Å². The van der Waals surface area contributed by atoms with Gasteiger partial charge in [-0.1, -0.05) is 30.3 Å². The lowest BCUT2D eigenvalue weighted by Gasteiger charge is -2.17. The molecule has 4 nitrogen and oxygen atoms in total. The van der Waals surface area contributed by atoms with Crippen LogP contribution in [-0.2, 0) is 13.5 Å². The molecule has 1 N–H and O–H groups in total. The highest BCUT2D eigenvalue weighted by Gasteiger charge is 2.17. The molecule has 0 fully saturated rings. The molecule has 0 aliphatic heterocycles. The molecule has 0 radical (unpaired) electrons. The first-order valence-electron chi connectivity index (χ1n) is 6.51. The lowest BCUT2D eigenvalue weighted by molar-refractivity contribution is 0.541. The summed E-state index contributed by atoms with van der Waals surface area (Å²) >= 11 is 0. The third-order valence-corrected chi connectivity index (χ3v) is 3.09. The molecule has 1 aromatic heterocycles. The van der Waals surface area contributed by atoms with Gasteiger partial charge in [0.25, 0.3) is 0 Å². The van der Waals surface area contributed by atoms with E-state index in [0.29, 0.717) is 6.42 Å². The second kappa shape index (κ2) is 6.43. The molecule has 19 heavy (non-hydrogen) atoms. The van der Waals surface area contributed by atoms with Crippen LogP contribution in [0.2, 0.25) is 0 Å². The number of nitrogens with one attached hydrogen (secondary N) is 1. The third kappa shape index (κ3) is 3.61. The first-order chi connectivity index (χ1) is 9.20. The van der Waals surface area contributed by atoms with Crippen molar-refractivity contribution in [1.29, 1.82) is 0 Å². The highest BCUT2D eigenvalue weighted by atomic mass is 19.1. The summed E-state index contributed by atoms with van der Waals surface area (Å²) in [6.07, 6.45) is 2.56. The fourth-order valence-electron chi connectivity index (χ4n) is 2.16. The molecule has 1 atom stereocenters. The average Bonchev–Trinajstić information content (AvgIpc) is 2.81. The number of nitrogens with zero attached hydrogens (tertiary/aromatic N) is 3. The molecule has 1 heterocycles. The maximum atomic E-state index is 13.9. The fraction of sp³-hybridized carbons (Fsp3) is 0.429. The largest absolute Gasteiger partial charge is 0.316 e. The van der Waals surface area contributed by atoms with Crippen molar-refractivity contribution in [1.82, 2.24) is 20.3 Å². The van der Waals surface area contributed by atoms with Gasteiger partial charge >= 0.3 is 0 Å². The number of rotatable bonds is 6. The maximum Gasteiger partial charge on any atom is 0.126 e. The van der Waals surface area contributed by atoms with Crippen molar-refractivity contribution in [2.75, 3.05) is 13.1 Å². The summed E-state index contributed by atoms with van der Waals surface area (Å²) in [6, 6.07) is 6.93. The zero-order valence-electron chi connectivity index (χ0n) is 11.3. The zero-order valence-corrected chi connectivity index (χ0v) is 11.3. The van der Waals surface area contributed by atoms with Crippen LogP contribution in [0, 0.1) is 5.82 Å². The van der Waals surface area contributed by atoms with Crippen LogP contribution in [0.25, 0.3) is 0 Å². The van der Waals surface area contributed by atoms with Gasteiger partial charge in [-0.15, -0.1) is 5.10 Å². The normalized spacial score (nSPS) is 12.6. The number of halogens is 1. The molecular weight excluding hydrogens is 243 g/mol. The molecule has 1 unspecified atom stereocenters. The van der Waals surface area contributed by atoms with Gasteiger partial charge in [0.15, 0.2) is 0 Å². The highest BCUT2D eigenvalue weighted by molar-refractivity contribution is 5.23. The molecule has 0 aliphatic rings. The minimum absolute atomic E-state index is 0.0675. The number of hydrogen-bond acceptors (Lipinski definition) is 3. The Morgan fingerprint density at radius 2 is 2.16 bits per heavy atom. The predicted octanol–water partition coefficient (Wildman–Crippen LogP) is 1.89. The van der Waals surface area contributed by atoms with Crippen molar-refractivity contribution in [3.05, 3.63) is 47.5 Å². The van der Waals surface area contributed by atoms with E-state index in [2.05, 4.69) is 15.6 Å². The van der Waals surface area contributed by atoms with Crippen LogP contribution < -0.4 is 5.32 Å². The van der Waals surface area contributed by atoms with Crippen LogP contribution in [0.4, 0.5) is 4.39 Å². The van der Waals surface area contributed by atoms with E-state index in [4.69, 9.17) is 0 Å². The maximum absolute atomic E-state index is 13.9. The van der Waals surface area contributed by atoms with Gasteiger partial charge < -0.3 is 5.32 Å². The fourth-order valence-corrected chi connectivity index (χ4v) is 2.16.